The lowest BCUT2D eigenvalue weighted by Crippen LogP contribution is -2.49. The second-order valence-corrected chi connectivity index (χ2v) is 8.31. The van der Waals surface area contributed by atoms with Gasteiger partial charge in [0.15, 0.2) is 0 Å². The minimum absolute atomic E-state index is 0.0377. The highest BCUT2D eigenvalue weighted by Gasteiger charge is 2.28. The van der Waals surface area contributed by atoms with E-state index in [0.29, 0.717) is 12.8 Å². The lowest BCUT2D eigenvalue weighted by atomic mass is 9.99. The molecule has 2 N–H and O–H groups in total. The number of hydrogen-bond acceptors (Lipinski definition) is 5. The van der Waals surface area contributed by atoms with Crippen molar-refractivity contribution in [1.82, 2.24) is 10.6 Å². The van der Waals surface area contributed by atoms with Crippen LogP contribution in [0.4, 0.5) is 4.79 Å². The summed E-state index contributed by atoms with van der Waals surface area (Å²) >= 11 is 0. The summed E-state index contributed by atoms with van der Waals surface area (Å²) in [4.78, 5) is 37.3. The van der Waals surface area contributed by atoms with Crippen molar-refractivity contribution < 1.29 is 23.9 Å². The number of aryl methyl sites for hydroxylation is 1. The molecule has 1 unspecified atom stereocenters. The topological polar surface area (TPSA) is 93.7 Å². The Hall–Kier alpha value is -3.61. The van der Waals surface area contributed by atoms with Crippen LogP contribution in [0.15, 0.2) is 73.3 Å². The molecule has 2 aromatic carbocycles. The zero-order valence-electron chi connectivity index (χ0n) is 19.2. The van der Waals surface area contributed by atoms with Crippen molar-refractivity contribution in [3.8, 4) is 0 Å². The van der Waals surface area contributed by atoms with Crippen LogP contribution < -0.4 is 10.6 Å². The van der Waals surface area contributed by atoms with E-state index in [1.807, 2.05) is 60.7 Å². The molecule has 0 heterocycles. The van der Waals surface area contributed by atoms with E-state index in [1.165, 1.54) is 6.08 Å². The maximum Gasteiger partial charge on any atom is 0.407 e. The Morgan fingerprint density at radius 2 is 1.58 bits per heavy atom. The first-order valence-electron chi connectivity index (χ1n) is 10.9. The molecule has 0 aliphatic carbocycles. The Labute approximate surface area is 195 Å². The van der Waals surface area contributed by atoms with E-state index in [4.69, 9.17) is 9.47 Å². The number of esters is 1. The van der Waals surface area contributed by atoms with Crippen molar-refractivity contribution in [2.75, 3.05) is 6.61 Å². The molecule has 33 heavy (non-hydrogen) atoms. The Morgan fingerprint density at radius 1 is 0.970 bits per heavy atom. The maximum absolute atomic E-state index is 12.7. The quantitative estimate of drug-likeness (QED) is 0.376. The van der Waals surface area contributed by atoms with E-state index in [9.17, 15) is 14.4 Å². The molecule has 2 aromatic rings. The first-order valence-corrected chi connectivity index (χ1v) is 10.9. The van der Waals surface area contributed by atoms with Crippen molar-refractivity contribution in [1.29, 1.82) is 0 Å². The van der Waals surface area contributed by atoms with Gasteiger partial charge in [-0.1, -0.05) is 73.3 Å². The molecular weight excluding hydrogens is 420 g/mol. The average Bonchev–Trinajstić information content (AvgIpc) is 2.79. The van der Waals surface area contributed by atoms with Crippen LogP contribution >= 0.6 is 0 Å². The Balaban J connectivity index is 1.89. The molecule has 0 saturated carbocycles. The molecule has 0 aromatic heterocycles. The molecule has 0 radical (unpaired) electrons. The van der Waals surface area contributed by atoms with E-state index in [2.05, 4.69) is 17.2 Å². The molecule has 0 bridgehead atoms. The number of alkyl carbamates (subject to hydrolysis) is 1. The van der Waals surface area contributed by atoms with Gasteiger partial charge in [0.2, 0.25) is 5.91 Å². The van der Waals surface area contributed by atoms with Gasteiger partial charge in [-0.2, -0.15) is 0 Å². The van der Waals surface area contributed by atoms with Crippen LogP contribution in [-0.2, 0) is 32.1 Å². The van der Waals surface area contributed by atoms with Gasteiger partial charge in [-0.05, 0) is 37.8 Å². The zero-order valence-corrected chi connectivity index (χ0v) is 19.2. The van der Waals surface area contributed by atoms with Gasteiger partial charge in [0, 0.05) is 12.0 Å². The highest BCUT2D eigenvalue weighted by molar-refractivity contribution is 5.85. The fourth-order valence-corrected chi connectivity index (χ4v) is 3.17. The summed E-state index contributed by atoms with van der Waals surface area (Å²) in [6.45, 7) is 7.16. The van der Waals surface area contributed by atoms with Gasteiger partial charge in [-0.25, -0.2) is 9.59 Å². The first kappa shape index (κ1) is 25.6. The van der Waals surface area contributed by atoms with Crippen LogP contribution in [0.5, 0.6) is 0 Å². The summed E-state index contributed by atoms with van der Waals surface area (Å²) in [5.41, 5.74) is 1.03. The average molecular weight is 453 g/mol. The third-order valence-corrected chi connectivity index (χ3v) is 4.78. The second-order valence-electron chi connectivity index (χ2n) is 8.31. The lowest BCUT2D eigenvalue weighted by molar-refractivity contribution is -0.147. The van der Waals surface area contributed by atoms with Crippen molar-refractivity contribution in [3.63, 3.8) is 0 Å². The van der Waals surface area contributed by atoms with E-state index in [-0.39, 0.29) is 25.5 Å². The third kappa shape index (κ3) is 10.0. The predicted molar refractivity (Wildman–Crippen MR) is 126 cm³/mol. The molecule has 0 aliphatic rings. The summed E-state index contributed by atoms with van der Waals surface area (Å²) in [7, 11) is 0. The Kier molecular flexibility index (Phi) is 10.1. The molecular formula is C26H32N2O5. The summed E-state index contributed by atoms with van der Waals surface area (Å²) in [6, 6.07) is 18.2. The standard InChI is InChI=1S/C26H32N2O5/c1-4-17-32-24(30)22(16-15-20-11-7-5-8-12-20)27-23(29)18-26(2,3)28-25(31)33-19-21-13-9-6-10-14-21/h4-14,22H,1,15-19H2,2-3H3,(H,27,29)(H,28,31). The molecule has 1 atom stereocenters. The van der Waals surface area contributed by atoms with Gasteiger partial charge in [0.1, 0.15) is 19.3 Å². The summed E-state index contributed by atoms with van der Waals surface area (Å²) in [5.74, 6) is -0.899. The summed E-state index contributed by atoms with van der Waals surface area (Å²) in [5, 5.41) is 5.44. The highest BCUT2D eigenvalue weighted by atomic mass is 16.5. The van der Waals surface area contributed by atoms with E-state index in [1.54, 1.807) is 13.8 Å². The molecule has 0 aliphatic heterocycles. The highest BCUT2D eigenvalue weighted by Crippen LogP contribution is 2.12. The van der Waals surface area contributed by atoms with Gasteiger partial charge in [0.25, 0.3) is 0 Å². The Bertz CT molecular complexity index is 913. The van der Waals surface area contributed by atoms with E-state index >= 15 is 0 Å². The van der Waals surface area contributed by atoms with Gasteiger partial charge < -0.3 is 20.1 Å². The van der Waals surface area contributed by atoms with Gasteiger partial charge in [-0.3, -0.25) is 4.79 Å². The molecule has 0 fully saturated rings. The van der Waals surface area contributed by atoms with Gasteiger partial charge in [0.05, 0.1) is 0 Å². The van der Waals surface area contributed by atoms with Crippen molar-refractivity contribution >= 4 is 18.0 Å². The summed E-state index contributed by atoms with van der Waals surface area (Å²) < 4.78 is 10.4. The minimum Gasteiger partial charge on any atom is -0.460 e. The number of carbonyl (C=O) groups excluding carboxylic acids is 3. The first-order chi connectivity index (χ1) is 15.8. The minimum atomic E-state index is -0.882. The summed E-state index contributed by atoms with van der Waals surface area (Å²) in [6.07, 6.45) is 1.80. The van der Waals surface area contributed by atoms with Crippen LogP contribution in [0, 0.1) is 0 Å². The van der Waals surface area contributed by atoms with Crippen LogP contribution in [0.25, 0.3) is 0 Å². The molecule has 7 nitrogen and oxygen atoms in total. The number of carbonyl (C=O) groups is 3. The van der Waals surface area contributed by atoms with Crippen molar-refractivity contribution in [2.24, 2.45) is 0 Å². The number of hydrogen-bond donors (Lipinski definition) is 2. The monoisotopic (exact) mass is 452 g/mol. The van der Waals surface area contributed by atoms with Crippen LogP contribution in [0.3, 0.4) is 0 Å². The largest absolute Gasteiger partial charge is 0.460 e. The van der Waals surface area contributed by atoms with Crippen LogP contribution in [-0.4, -0.2) is 36.2 Å². The van der Waals surface area contributed by atoms with Gasteiger partial charge >= 0.3 is 12.1 Å². The van der Waals surface area contributed by atoms with Crippen molar-refractivity contribution in [3.05, 3.63) is 84.4 Å². The molecule has 2 amide bonds. The SMILES string of the molecule is C=CCOC(=O)C(CCc1ccccc1)NC(=O)CC(C)(C)NC(=O)OCc1ccccc1. The molecule has 0 saturated heterocycles. The van der Waals surface area contributed by atoms with E-state index < -0.39 is 23.6 Å². The van der Waals surface area contributed by atoms with Crippen LogP contribution in [0.1, 0.15) is 37.8 Å². The molecule has 7 heteroatoms. The zero-order chi connectivity index (χ0) is 24.1. The number of ether oxygens (including phenoxy) is 2. The number of rotatable bonds is 12. The number of amides is 2. The maximum atomic E-state index is 12.7. The number of benzene rings is 2. The predicted octanol–water partition coefficient (Wildman–Crippen LogP) is 3.93. The van der Waals surface area contributed by atoms with Gasteiger partial charge in [-0.15, -0.1) is 0 Å². The molecule has 176 valence electrons. The second kappa shape index (κ2) is 13.1. The smallest absolute Gasteiger partial charge is 0.407 e. The van der Waals surface area contributed by atoms with E-state index in [0.717, 1.165) is 11.1 Å². The lowest BCUT2D eigenvalue weighted by Gasteiger charge is -2.26. The molecule has 2 rings (SSSR count). The fraction of sp³-hybridized carbons (Fsp3) is 0.346. The van der Waals surface area contributed by atoms with Crippen LogP contribution in [0.2, 0.25) is 0 Å². The van der Waals surface area contributed by atoms with Crippen molar-refractivity contribution in [2.45, 2.75) is 51.3 Å². The third-order valence-electron chi connectivity index (χ3n) is 4.78. The molecule has 0 spiro atoms. The Morgan fingerprint density at radius 3 is 2.18 bits per heavy atom. The fourth-order valence-electron chi connectivity index (χ4n) is 3.17. The normalized spacial score (nSPS) is 11.7. The number of nitrogens with one attached hydrogen (secondary N) is 2.